The van der Waals surface area contributed by atoms with Crippen molar-refractivity contribution in [3.05, 3.63) is 28.0 Å². The molecular weight excluding hydrogens is 243 g/mol. The van der Waals surface area contributed by atoms with E-state index in [0.29, 0.717) is 16.3 Å². The van der Waals surface area contributed by atoms with Crippen LogP contribution < -0.4 is 0 Å². The largest absolute Gasteiger partial charge is 0.299 e. The maximum atomic E-state index is 6.05. The van der Waals surface area contributed by atoms with E-state index in [4.69, 9.17) is 23.2 Å². The van der Waals surface area contributed by atoms with Gasteiger partial charge < -0.3 is 0 Å². The van der Waals surface area contributed by atoms with Gasteiger partial charge in [-0.2, -0.15) is 0 Å². The Morgan fingerprint density at radius 3 is 2.69 bits per heavy atom. The highest BCUT2D eigenvalue weighted by Crippen LogP contribution is 2.35. The summed E-state index contributed by atoms with van der Waals surface area (Å²) in [5, 5.41) is 0.967. The summed E-state index contributed by atoms with van der Waals surface area (Å²) in [6, 6.07) is 4.36. The summed E-state index contributed by atoms with van der Waals surface area (Å²) in [5.41, 5.74) is 1.04. The Labute approximate surface area is 107 Å². The molecule has 1 aliphatic carbocycles. The second kappa shape index (κ2) is 4.91. The SMILES string of the molecule is CC(C1CC1)N(C)Cc1ccc(Cl)nc1Cl. The maximum Gasteiger partial charge on any atom is 0.135 e. The Morgan fingerprint density at radius 2 is 2.12 bits per heavy atom. The summed E-state index contributed by atoms with van der Waals surface area (Å²) >= 11 is 11.8. The average Bonchev–Trinajstić information content (AvgIpc) is 3.04. The Morgan fingerprint density at radius 1 is 1.44 bits per heavy atom. The zero-order valence-electron chi connectivity index (χ0n) is 9.58. The monoisotopic (exact) mass is 258 g/mol. The number of pyridine rings is 1. The lowest BCUT2D eigenvalue weighted by Gasteiger charge is -2.24. The first-order valence-corrected chi connectivity index (χ1v) is 6.34. The molecular formula is C12H16Cl2N2. The van der Waals surface area contributed by atoms with E-state index in [2.05, 4.69) is 23.9 Å². The Balaban J connectivity index is 2.02. The van der Waals surface area contributed by atoms with Gasteiger partial charge in [-0.1, -0.05) is 29.3 Å². The van der Waals surface area contributed by atoms with Crippen molar-refractivity contribution >= 4 is 23.2 Å². The number of aromatic nitrogens is 1. The van der Waals surface area contributed by atoms with Crippen molar-refractivity contribution in [3.8, 4) is 0 Å². The molecule has 1 aliphatic rings. The zero-order chi connectivity index (χ0) is 11.7. The van der Waals surface area contributed by atoms with E-state index in [0.717, 1.165) is 18.0 Å². The fourth-order valence-corrected chi connectivity index (χ4v) is 2.31. The first-order valence-electron chi connectivity index (χ1n) is 5.59. The number of hydrogen-bond acceptors (Lipinski definition) is 2. The smallest absolute Gasteiger partial charge is 0.135 e. The third-order valence-electron chi connectivity index (χ3n) is 3.31. The highest BCUT2D eigenvalue weighted by Gasteiger charge is 2.30. The highest BCUT2D eigenvalue weighted by atomic mass is 35.5. The van der Waals surface area contributed by atoms with Gasteiger partial charge in [-0.15, -0.1) is 0 Å². The molecule has 0 saturated heterocycles. The van der Waals surface area contributed by atoms with Crippen molar-refractivity contribution in [2.75, 3.05) is 7.05 Å². The summed E-state index contributed by atoms with van der Waals surface area (Å²) < 4.78 is 0. The van der Waals surface area contributed by atoms with Crippen LogP contribution in [-0.2, 0) is 6.54 Å². The van der Waals surface area contributed by atoms with Crippen molar-refractivity contribution in [1.29, 1.82) is 0 Å². The van der Waals surface area contributed by atoms with Crippen LogP contribution >= 0.6 is 23.2 Å². The van der Waals surface area contributed by atoms with E-state index in [1.165, 1.54) is 12.8 Å². The topological polar surface area (TPSA) is 16.1 Å². The molecule has 2 rings (SSSR count). The number of hydrogen-bond donors (Lipinski definition) is 0. The molecule has 1 aromatic rings. The summed E-state index contributed by atoms with van der Waals surface area (Å²) in [4.78, 5) is 6.38. The van der Waals surface area contributed by atoms with Crippen molar-refractivity contribution in [2.45, 2.75) is 32.4 Å². The minimum Gasteiger partial charge on any atom is -0.299 e. The molecule has 1 heterocycles. The zero-order valence-corrected chi connectivity index (χ0v) is 11.1. The van der Waals surface area contributed by atoms with E-state index in [1.54, 1.807) is 6.07 Å². The Bertz CT molecular complexity index is 377. The molecule has 0 aliphatic heterocycles. The molecule has 1 aromatic heterocycles. The number of nitrogens with zero attached hydrogens (tertiary/aromatic N) is 2. The minimum atomic E-state index is 0.451. The molecule has 0 radical (unpaired) electrons. The Kier molecular flexibility index (Phi) is 3.73. The second-order valence-electron chi connectivity index (χ2n) is 4.58. The molecule has 4 heteroatoms. The van der Waals surface area contributed by atoms with Crippen molar-refractivity contribution in [1.82, 2.24) is 9.88 Å². The minimum absolute atomic E-state index is 0.451. The quantitative estimate of drug-likeness (QED) is 0.768. The summed E-state index contributed by atoms with van der Waals surface area (Å²) in [7, 11) is 2.13. The van der Waals surface area contributed by atoms with Gasteiger partial charge in [-0.05, 0) is 38.8 Å². The van der Waals surface area contributed by atoms with Crippen LogP contribution in [0.3, 0.4) is 0 Å². The predicted molar refractivity (Wildman–Crippen MR) is 67.9 cm³/mol. The van der Waals surface area contributed by atoms with Crippen molar-refractivity contribution in [3.63, 3.8) is 0 Å². The lowest BCUT2D eigenvalue weighted by atomic mass is 10.1. The molecule has 2 nitrogen and oxygen atoms in total. The predicted octanol–water partition coefficient (Wildman–Crippen LogP) is 3.62. The van der Waals surface area contributed by atoms with Gasteiger partial charge in [0.15, 0.2) is 0 Å². The molecule has 0 N–H and O–H groups in total. The van der Waals surface area contributed by atoms with E-state index in [9.17, 15) is 0 Å². The standard InChI is InChI=1S/C12H16Cl2N2/c1-8(9-3-4-9)16(2)7-10-5-6-11(13)15-12(10)14/h5-6,8-9H,3-4,7H2,1-2H3. The van der Waals surface area contributed by atoms with Crippen molar-refractivity contribution in [2.24, 2.45) is 5.92 Å². The van der Waals surface area contributed by atoms with Gasteiger partial charge in [0.1, 0.15) is 10.3 Å². The molecule has 0 amide bonds. The lowest BCUT2D eigenvalue weighted by Crippen LogP contribution is -2.30. The number of rotatable bonds is 4. The molecule has 0 spiro atoms. The summed E-state index contributed by atoms with van der Waals surface area (Å²) in [5.74, 6) is 0.865. The van der Waals surface area contributed by atoms with Crippen LogP contribution in [0.25, 0.3) is 0 Å². The second-order valence-corrected chi connectivity index (χ2v) is 5.32. The lowest BCUT2D eigenvalue weighted by molar-refractivity contribution is 0.226. The molecule has 1 atom stereocenters. The summed E-state index contributed by atoms with van der Waals surface area (Å²) in [6.45, 7) is 3.11. The molecule has 0 bridgehead atoms. The van der Waals surface area contributed by atoms with Gasteiger partial charge in [-0.25, -0.2) is 4.98 Å². The van der Waals surface area contributed by atoms with Crippen LogP contribution in [0.15, 0.2) is 12.1 Å². The van der Waals surface area contributed by atoms with Gasteiger partial charge in [-0.3, -0.25) is 4.90 Å². The van der Waals surface area contributed by atoms with Crippen LogP contribution in [0.4, 0.5) is 0 Å². The first-order chi connectivity index (χ1) is 7.58. The third-order valence-corrected chi connectivity index (χ3v) is 3.85. The van der Waals surface area contributed by atoms with Crippen LogP contribution in [0.1, 0.15) is 25.3 Å². The molecule has 1 saturated carbocycles. The van der Waals surface area contributed by atoms with Crippen LogP contribution in [0.5, 0.6) is 0 Å². The normalized spacial score (nSPS) is 17.8. The van der Waals surface area contributed by atoms with E-state index >= 15 is 0 Å². The average molecular weight is 259 g/mol. The van der Waals surface area contributed by atoms with Crippen molar-refractivity contribution < 1.29 is 0 Å². The van der Waals surface area contributed by atoms with Gasteiger partial charge in [0.25, 0.3) is 0 Å². The van der Waals surface area contributed by atoms with E-state index < -0.39 is 0 Å². The fraction of sp³-hybridized carbons (Fsp3) is 0.583. The van der Waals surface area contributed by atoms with Gasteiger partial charge in [0.2, 0.25) is 0 Å². The third kappa shape index (κ3) is 2.88. The fourth-order valence-electron chi connectivity index (χ4n) is 1.91. The Hall–Kier alpha value is -0.310. The van der Waals surface area contributed by atoms with Crippen LogP contribution in [0, 0.1) is 5.92 Å². The maximum absolute atomic E-state index is 6.05. The van der Waals surface area contributed by atoms with E-state index in [-0.39, 0.29) is 0 Å². The van der Waals surface area contributed by atoms with Gasteiger partial charge in [0.05, 0.1) is 0 Å². The molecule has 88 valence electrons. The molecule has 16 heavy (non-hydrogen) atoms. The molecule has 1 unspecified atom stereocenters. The van der Waals surface area contributed by atoms with Gasteiger partial charge >= 0.3 is 0 Å². The van der Waals surface area contributed by atoms with Crippen LogP contribution in [0.2, 0.25) is 10.3 Å². The van der Waals surface area contributed by atoms with E-state index in [1.807, 2.05) is 6.07 Å². The molecule has 0 aromatic carbocycles. The first kappa shape index (κ1) is 12.2. The van der Waals surface area contributed by atoms with Gasteiger partial charge in [0, 0.05) is 18.2 Å². The molecule has 1 fully saturated rings. The van der Waals surface area contributed by atoms with Crippen LogP contribution in [-0.4, -0.2) is 23.0 Å². The summed E-state index contributed by atoms with van der Waals surface area (Å²) in [6.07, 6.45) is 2.72. The highest BCUT2D eigenvalue weighted by molar-refractivity contribution is 6.32. The number of halogens is 2.